The molecule has 0 unspecified atom stereocenters. The van der Waals surface area contributed by atoms with E-state index in [0.29, 0.717) is 24.4 Å². The Morgan fingerprint density at radius 2 is 1.74 bits per heavy atom. The van der Waals surface area contributed by atoms with Crippen molar-refractivity contribution in [3.05, 3.63) is 94.8 Å². The van der Waals surface area contributed by atoms with Crippen molar-refractivity contribution < 1.29 is 22.7 Å². The van der Waals surface area contributed by atoms with E-state index < -0.39 is 6.36 Å². The molecule has 204 valence electrons. The van der Waals surface area contributed by atoms with Crippen molar-refractivity contribution in [1.82, 2.24) is 14.9 Å². The van der Waals surface area contributed by atoms with Crippen LogP contribution < -0.4 is 15.0 Å². The van der Waals surface area contributed by atoms with E-state index in [1.807, 2.05) is 44.3 Å². The summed E-state index contributed by atoms with van der Waals surface area (Å²) < 4.78 is 42.9. The molecule has 1 aliphatic heterocycles. The number of hydrogen-bond donors (Lipinski definition) is 1. The molecule has 3 heterocycles. The number of piperidine rings is 1. The van der Waals surface area contributed by atoms with Crippen molar-refractivity contribution in [2.75, 3.05) is 18.0 Å². The van der Waals surface area contributed by atoms with Crippen LogP contribution in [0.2, 0.25) is 0 Å². The standard InChI is InChI=1S/C30H31F3N4O2/c1-3-26-28(27-18-20(2)12-17-37(27)35-26)29(38)34-19-21-4-8-24(9-5-21)36-15-13-23(14-16-36)22-6-10-25(11-7-22)39-30(31,32)33/h4-12,17-18,23H,3,13-16,19H2,1-2H3,(H,34,38). The third-order valence-corrected chi connectivity index (χ3v) is 7.26. The number of carbonyl (C=O) groups excluding carboxylic acids is 1. The maximum atomic E-state index is 13.1. The third-order valence-electron chi connectivity index (χ3n) is 7.26. The minimum atomic E-state index is -4.68. The highest BCUT2D eigenvalue weighted by Gasteiger charge is 2.31. The Balaban J connectivity index is 1.16. The number of nitrogens with zero attached hydrogens (tertiary/aromatic N) is 3. The molecule has 0 spiro atoms. The van der Waals surface area contributed by atoms with Crippen molar-refractivity contribution in [2.24, 2.45) is 0 Å². The van der Waals surface area contributed by atoms with Gasteiger partial charge in [0, 0.05) is 31.5 Å². The zero-order valence-corrected chi connectivity index (χ0v) is 22.0. The number of rotatable bonds is 7. The Hall–Kier alpha value is -4.01. The second kappa shape index (κ2) is 11.0. The van der Waals surface area contributed by atoms with Crippen LogP contribution in [0.4, 0.5) is 18.9 Å². The highest BCUT2D eigenvalue weighted by molar-refractivity contribution is 6.02. The summed E-state index contributed by atoms with van der Waals surface area (Å²) in [5, 5.41) is 7.61. The van der Waals surface area contributed by atoms with E-state index in [2.05, 4.69) is 32.2 Å². The average molecular weight is 537 g/mol. The number of pyridine rings is 1. The van der Waals surface area contributed by atoms with Gasteiger partial charge in [-0.1, -0.05) is 31.2 Å². The van der Waals surface area contributed by atoms with Crippen LogP contribution in [-0.2, 0) is 13.0 Å². The lowest BCUT2D eigenvalue weighted by Crippen LogP contribution is -2.32. The second-order valence-electron chi connectivity index (χ2n) is 9.94. The molecular weight excluding hydrogens is 505 g/mol. The number of carbonyl (C=O) groups is 1. The first-order chi connectivity index (χ1) is 18.7. The molecule has 6 nitrogen and oxygen atoms in total. The van der Waals surface area contributed by atoms with E-state index in [0.717, 1.165) is 59.5 Å². The lowest BCUT2D eigenvalue weighted by atomic mass is 9.89. The van der Waals surface area contributed by atoms with E-state index >= 15 is 0 Å². The molecule has 4 aromatic rings. The number of aromatic nitrogens is 2. The predicted molar refractivity (Wildman–Crippen MR) is 144 cm³/mol. The summed E-state index contributed by atoms with van der Waals surface area (Å²) in [4.78, 5) is 15.4. The van der Waals surface area contributed by atoms with Gasteiger partial charge in [-0.2, -0.15) is 5.10 Å². The number of alkyl halides is 3. The summed E-state index contributed by atoms with van der Waals surface area (Å²) in [7, 11) is 0. The largest absolute Gasteiger partial charge is 0.573 e. The predicted octanol–water partition coefficient (Wildman–Crippen LogP) is 6.42. The zero-order valence-electron chi connectivity index (χ0n) is 22.0. The van der Waals surface area contributed by atoms with Crippen molar-refractivity contribution in [2.45, 2.75) is 51.9 Å². The van der Waals surface area contributed by atoms with Gasteiger partial charge in [0.1, 0.15) is 5.75 Å². The third kappa shape index (κ3) is 6.19. The fourth-order valence-electron chi connectivity index (χ4n) is 5.20. The summed E-state index contributed by atoms with van der Waals surface area (Å²) in [6.07, 6.45) is -0.300. The molecule has 9 heteroatoms. The van der Waals surface area contributed by atoms with Crippen LogP contribution in [-0.4, -0.2) is 35.0 Å². The van der Waals surface area contributed by atoms with Gasteiger partial charge >= 0.3 is 6.36 Å². The van der Waals surface area contributed by atoms with Gasteiger partial charge in [0.05, 0.1) is 16.8 Å². The molecular formula is C30H31F3N4O2. The summed E-state index contributed by atoms with van der Waals surface area (Å²) in [5.41, 5.74) is 6.45. The molecule has 1 amide bonds. The fourth-order valence-corrected chi connectivity index (χ4v) is 5.20. The molecule has 0 bridgehead atoms. The van der Waals surface area contributed by atoms with E-state index in [4.69, 9.17) is 0 Å². The number of amides is 1. The summed E-state index contributed by atoms with van der Waals surface area (Å²) in [6.45, 7) is 6.13. The van der Waals surface area contributed by atoms with Crippen LogP contribution in [0.3, 0.4) is 0 Å². The van der Waals surface area contributed by atoms with Crippen molar-refractivity contribution in [3.8, 4) is 5.75 Å². The molecule has 39 heavy (non-hydrogen) atoms. The molecule has 2 aromatic heterocycles. The number of fused-ring (bicyclic) bond motifs is 1. The molecule has 1 fully saturated rings. The summed E-state index contributed by atoms with van der Waals surface area (Å²) in [6, 6.07) is 18.4. The number of anilines is 1. The van der Waals surface area contributed by atoms with Crippen LogP contribution in [0.1, 0.15) is 58.4 Å². The average Bonchev–Trinajstić information content (AvgIpc) is 3.29. The maximum Gasteiger partial charge on any atom is 0.573 e. The van der Waals surface area contributed by atoms with Crippen LogP contribution >= 0.6 is 0 Å². The second-order valence-corrected chi connectivity index (χ2v) is 9.94. The smallest absolute Gasteiger partial charge is 0.406 e. The quantitative estimate of drug-likeness (QED) is 0.296. The molecule has 0 radical (unpaired) electrons. The van der Waals surface area contributed by atoms with Crippen LogP contribution in [0.5, 0.6) is 5.75 Å². The molecule has 5 rings (SSSR count). The molecule has 2 aromatic carbocycles. The number of halogens is 3. The van der Waals surface area contributed by atoms with Crippen LogP contribution in [0.15, 0.2) is 66.9 Å². The topological polar surface area (TPSA) is 58.9 Å². The van der Waals surface area contributed by atoms with Gasteiger partial charge in [0.2, 0.25) is 0 Å². The van der Waals surface area contributed by atoms with Crippen LogP contribution in [0.25, 0.3) is 5.52 Å². The van der Waals surface area contributed by atoms with Gasteiger partial charge in [-0.05, 0) is 85.2 Å². The Labute approximate surface area is 225 Å². The first-order valence-electron chi connectivity index (χ1n) is 13.2. The van der Waals surface area contributed by atoms with Crippen molar-refractivity contribution in [3.63, 3.8) is 0 Å². The van der Waals surface area contributed by atoms with Gasteiger partial charge < -0.3 is 15.0 Å². The highest BCUT2D eigenvalue weighted by Crippen LogP contribution is 2.32. The maximum absolute atomic E-state index is 13.1. The van der Waals surface area contributed by atoms with E-state index in [9.17, 15) is 18.0 Å². The number of hydrogen-bond acceptors (Lipinski definition) is 4. The SMILES string of the molecule is CCc1nn2ccc(C)cc2c1C(=O)NCc1ccc(N2CCC(c3ccc(OC(F)(F)F)cc3)CC2)cc1. The molecule has 0 aliphatic carbocycles. The van der Waals surface area contributed by atoms with E-state index in [1.165, 1.54) is 12.1 Å². The van der Waals surface area contributed by atoms with Crippen molar-refractivity contribution >= 4 is 17.1 Å². The van der Waals surface area contributed by atoms with Gasteiger partial charge in [-0.25, -0.2) is 4.52 Å². The molecule has 1 saturated heterocycles. The number of benzene rings is 2. The Morgan fingerprint density at radius 1 is 1.05 bits per heavy atom. The molecule has 1 N–H and O–H groups in total. The van der Waals surface area contributed by atoms with E-state index in [1.54, 1.807) is 16.6 Å². The summed E-state index contributed by atoms with van der Waals surface area (Å²) >= 11 is 0. The van der Waals surface area contributed by atoms with E-state index in [-0.39, 0.29) is 11.7 Å². The monoisotopic (exact) mass is 536 g/mol. The number of aryl methyl sites for hydroxylation is 2. The number of nitrogens with one attached hydrogen (secondary N) is 1. The lowest BCUT2D eigenvalue weighted by molar-refractivity contribution is -0.274. The van der Waals surface area contributed by atoms with Gasteiger partial charge in [0.25, 0.3) is 5.91 Å². The first-order valence-corrected chi connectivity index (χ1v) is 13.2. The molecule has 0 atom stereocenters. The van der Waals surface area contributed by atoms with Crippen molar-refractivity contribution in [1.29, 1.82) is 0 Å². The lowest BCUT2D eigenvalue weighted by Gasteiger charge is -2.34. The normalized spacial score (nSPS) is 14.5. The van der Waals surface area contributed by atoms with Crippen LogP contribution in [0, 0.1) is 6.92 Å². The van der Waals surface area contributed by atoms with Gasteiger partial charge in [-0.15, -0.1) is 13.2 Å². The zero-order chi connectivity index (χ0) is 27.6. The minimum absolute atomic E-state index is 0.128. The minimum Gasteiger partial charge on any atom is -0.406 e. The van der Waals surface area contributed by atoms with Gasteiger partial charge in [0.15, 0.2) is 0 Å². The highest BCUT2D eigenvalue weighted by atomic mass is 19.4. The Kier molecular flexibility index (Phi) is 7.50. The van der Waals surface area contributed by atoms with Gasteiger partial charge in [-0.3, -0.25) is 4.79 Å². The molecule has 1 aliphatic rings. The summed E-state index contributed by atoms with van der Waals surface area (Å²) in [5.74, 6) is -0.0245. The Morgan fingerprint density at radius 3 is 2.38 bits per heavy atom. The number of ether oxygens (including phenoxy) is 1. The fraction of sp³-hybridized carbons (Fsp3) is 0.333. The first kappa shape index (κ1) is 26.6. The Bertz CT molecular complexity index is 1440. The molecule has 0 saturated carbocycles.